The lowest BCUT2D eigenvalue weighted by molar-refractivity contribution is -0.117. The van der Waals surface area contributed by atoms with Gasteiger partial charge in [-0.1, -0.05) is 0 Å². The zero-order valence-corrected chi connectivity index (χ0v) is 11.8. The molecule has 1 heterocycles. The van der Waals surface area contributed by atoms with Gasteiger partial charge in [0.25, 0.3) is 0 Å². The molecule has 0 saturated heterocycles. The van der Waals surface area contributed by atoms with E-state index in [0.717, 1.165) is 6.26 Å². The van der Waals surface area contributed by atoms with Crippen molar-refractivity contribution in [2.24, 2.45) is 0 Å². The highest BCUT2D eigenvalue weighted by atomic mass is 32.2. The summed E-state index contributed by atoms with van der Waals surface area (Å²) >= 11 is 0. The zero-order chi connectivity index (χ0) is 14.9. The predicted octanol–water partition coefficient (Wildman–Crippen LogP) is 1.39. The van der Waals surface area contributed by atoms with Crippen LogP contribution in [-0.4, -0.2) is 31.1 Å². The first-order valence-electron chi connectivity index (χ1n) is 6.26. The van der Waals surface area contributed by atoms with Gasteiger partial charge in [0.05, 0.1) is 5.92 Å². The molecule has 1 aromatic carbocycles. The van der Waals surface area contributed by atoms with Crippen LogP contribution >= 0.6 is 0 Å². The van der Waals surface area contributed by atoms with Gasteiger partial charge in [0.1, 0.15) is 5.82 Å². The second-order valence-corrected chi connectivity index (χ2v) is 7.19. The highest BCUT2D eigenvalue weighted by molar-refractivity contribution is 7.91. The molecule has 0 bridgehead atoms. The summed E-state index contributed by atoms with van der Waals surface area (Å²) in [5.41, 5.74) is -0.243. The highest BCUT2D eigenvalue weighted by Crippen LogP contribution is 2.36. The molecule has 7 heteroatoms. The third-order valence-electron chi connectivity index (χ3n) is 3.40. The number of hydrogen-bond acceptors (Lipinski definition) is 4. The number of carbonyl (C=O) groups is 1. The van der Waals surface area contributed by atoms with E-state index in [1.165, 1.54) is 18.2 Å². The Balaban J connectivity index is 2.01. The van der Waals surface area contributed by atoms with E-state index in [4.69, 9.17) is 0 Å². The number of hydrogen-bond donors (Lipinski definition) is 2. The second-order valence-electron chi connectivity index (χ2n) is 4.99. The average molecular weight is 301 g/mol. The molecule has 0 saturated carbocycles. The summed E-state index contributed by atoms with van der Waals surface area (Å²) in [6.07, 6.45) is 1.76. The van der Waals surface area contributed by atoms with Crippen molar-refractivity contribution in [1.82, 2.24) is 0 Å². The number of aliphatic hydroxyl groups is 1. The Morgan fingerprint density at radius 2 is 2.15 bits per heavy atom. The summed E-state index contributed by atoms with van der Waals surface area (Å²) in [5, 5.41) is 12.1. The van der Waals surface area contributed by atoms with E-state index in [1.807, 2.05) is 0 Å². The molecular formula is C13H16FNO4S. The van der Waals surface area contributed by atoms with Gasteiger partial charge in [0.2, 0.25) is 5.91 Å². The predicted molar refractivity (Wildman–Crippen MR) is 72.5 cm³/mol. The van der Waals surface area contributed by atoms with Crippen LogP contribution in [0.1, 0.15) is 30.7 Å². The molecular weight excluding hydrogens is 285 g/mol. The summed E-state index contributed by atoms with van der Waals surface area (Å²) in [6.45, 7) is 0. The monoisotopic (exact) mass is 301 g/mol. The van der Waals surface area contributed by atoms with E-state index >= 15 is 0 Å². The number of anilines is 1. The standard InChI is InChI=1S/C13H16FNO4S/c1-20(18,19)12(16)4-2-3-9-10-7-8(14)5-6-11(10)15-13(9)17/h5-7,9,12,16H,2-4H2,1H3,(H,15,17). The van der Waals surface area contributed by atoms with Crippen molar-refractivity contribution in [1.29, 1.82) is 0 Å². The zero-order valence-electron chi connectivity index (χ0n) is 11.0. The molecule has 0 aliphatic carbocycles. The van der Waals surface area contributed by atoms with Crippen LogP contribution in [0.15, 0.2) is 18.2 Å². The lowest BCUT2D eigenvalue weighted by atomic mass is 9.95. The van der Waals surface area contributed by atoms with E-state index in [0.29, 0.717) is 24.1 Å². The molecule has 5 nitrogen and oxygen atoms in total. The van der Waals surface area contributed by atoms with Gasteiger partial charge in [-0.05, 0) is 43.0 Å². The van der Waals surface area contributed by atoms with Crippen LogP contribution < -0.4 is 5.32 Å². The Hall–Kier alpha value is -1.47. The first-order valence-corrected chi connectivity index (χ1v) is 8.22. The molecule has 1 amide bonds. The third-order valence-corrected chi connectivity index (χ3v) is 4.63. The van der Waals surface area contributed by atoms with Gasteiger partial charge in [-0.15, -0.1) is 0 Å². The first kappa shape index (κ1) is 14.9. The summed E-state index contributed by atoms with van der Waals surface area (Å²) < 4.78 is 35.4. The molecule has 110 valence electrons. The molecule has 1 aliphatic heterocycles. The molecule has 0 radical (unpaired) electrons. The topological polar surface area (TPSA) is 83.5 Å². The van der Waals surface area contributed by atoms with Gasteiger partial charge in [-0.2, -0.15) is 0 Å². The molecule has 2 unspecified atom stereocenters. The third kappa shape index (κ3) is 3.16. The van der Waals surface area contributed by atoms with E-state index in [1.54, 1.807) is 0 Å². The Morgan fingerprint density at radius 1 is 1.45 bits per heavy atom. The van der Waals surface area contributed by atoms with E-state index in [9.17, 15) is 22.7 Å². The normalized spacial score (nSPS) is 19.6. The van der Waals surface area contributed by atoms with Crippen LogP contribution in [0, 0.1) is 5.82 Å². The van der Waals surface area contributed by atoms with Crippen LogP contribution in [0.3, 0.4) is 0 Å². The maximum Gasteiger partial charge on any atom is 0.232 e. The van der Waals surface area contributed by atoms with Crippen molar-refractivity contribution in [3.05, 3.63) is 29.6 Å². The molecule has 0 aromatic heterocycles. The number of aliphatic hydroxyl groups excluding tert-OH is 1. The Bertz CT molecular complexity index is 629. The molecule has 2 atom stereocenters. The van der Waals surface area contributed by atoms with Crippen LogP contribution in [0.5, 0.6) is 0 Å². The molecule has 2 rings (SSSR count). The van der Waals surface area contributed by atoms with Crippen LogP contribution in [-0.2, 0) is 14.6 Å². The Morgan fingerprint density at radius 3 is 2.80 bits per heavy atom. The SMILES string of the molecule is CS(=O)(=O)C(O)CCCC1C(=O)Nc2ccc(F)cc21. The quantitative estimate of drug-likeness (QED) is 0.861. The van der Waals surface area contributed by atoms with Crippen molar-refractivity contribution >= 4 is 21.4 Å². The minimum Gasteiger partial charge on any atom is -0.377 e. The van der Waals surface area contributed by atoms with E-state index < -0.39 is 27.0 Å². The maximum atomic E-state index is 13.2. The second kappa shape index (κ2) is 5.49. The number of halogens is 1. The van der Waals surface area contributed by atoms with Crippen LogP contribution in [0.25, 0.3) is 0 Å². The largest absolute Gasteiger partial charge is 0.377 e. The van der Waals surface area contributed by atoms with E-state index in [2.05, 4.69) is 5.32 Å². The Kier molecular flexibility index (Phi) is 4.10. The fourth-order valence-electron chi connectivity index (χ4n) is 2.29. The van der Waals surface area contributed by atoms with Gasteiger partial charge in [0, 0.05) is 11.9 Å². The Labute approximate surface area is 116 Å². The molecule has 20 heavy (non-hydrogen) atoms. The molecule has 2 N–H and O–H groups in total. The number of carbonyl (C=O) groups excluding carboxylic acids is 1. The fraction of sp³-hybridized carbons (Fsp3) is 0.462. The minimum atomic E-state index is -3.48. The van der Waals surface area contributed by atoms with Gasteiger partial charge in [0.15, 0.2) is 15.3 Å². The van der Waals surface area contributed by atoms with Gasteiger partial charge in [-0.3, -0.25) is 4.79 Å². The molecule has 1 aliphatic rings. The van der Waals surface area contributed by atoms with Crippen LogP contribution in [0.4, 0.5) is 10.1 Å². The van der Waals surface area contributed by atoms with Crippen molar-refractivity contribution in [2.75, 3.05) is 11.6 Å². The summed E-state index contributed by atoms with van der Waals surface area (Å²) in [5.74, 6) is -1.13. The van der Waals surface area contributed by atoms with Gasteiger partial charge < -0.3 is 10.4 Å². The lowest BCUT2D eigenvalue weighted by Gasteiger charge is -2.11. The first-order chi connectivity index (χ1) is 9.29. The summed E-state index contributed by atoms with van der Waals surface area (Å²) in [7, 11) is -3.48. The smallest absolute Gasteiger partial charge is 0.232 e. The number of fused-ring (bicyclic) bond motifs is 1. The molecule has 1 aromatic rings. The van der Waals surface area contributed by atoms with Crippen molar-refractivity contribution in [2.45, 2.75) is 30.6 Å². The van der Waals surface area contributed by atoms with Crippen LogP contribution in [0.2, 0.25) is 0 Å². The van der Waals surface area contributed by atoms with Gasteiger partial charge >= 0.3 is 0 Å². The summed E-state index contributed by atoms with van der Waals surface area (Å²) in [4.78, 5) is 11.8. The fourth-order valence-corrected chi connectivity index (χ4v) is 2.89. The van der Waals surface area contributed by atoms with Crippen molar-refractivity contribution in [3.63, 3.8) is 0 Å². The highest BCUT2D eigenvalue weighted by Gasteiger charge is 2.30. The number of benzene rings is 1. The van der Waals surface area contributed by atoms with Gasteiger partial charge in [-0.25, -0.2) is 12.8 Å². The lowest BCUT2D eigenvalue weighted by Crippen LogP contribution is -2.19. The average Bonchev–Trinajstić information content (AvgIpc) is 2.64. The number of sulfone groups is 1. The maximum absolute atomic E-state index is 13.2. The summed E-state index contributed by atoms with van der Waals surface area (Å²) in [6, 6.07) is 4.09. The van der Waals surface area contributed by atoms with Crippen molar-refractivity contribution < 1.29 is 22.7 Å². The van der Waals surface area contributed by atoms with Crippen molar-refractivity contribution in [3.8, 4) is 0 Å². The minimum absolute atomic E-state index is 0.0628. The number of nitrogens with one attached hydrogen (secondary N) is 1. The number of rotatable bonds is 5. The van der Waals surface area contributed by atoms with E-state index in [-0.39, 0.29) is 12.3 Å². The molecule has 0 fully saturated rings. The number of amides is 1. The molecule has 0 spiro atoms.